The molecule has 0 aromatic heterocycles. The lowest BCUT2D eigenvalue weighted by molar-refractivity contribution is -0.130. The van der Waals surface area contributed by atoms with Crippen LogP contribution in [0.1, 0.15) is 5.56 Å². The van der Waals surface area contributed by atoms with Gasteiger partial charge in [0, 0.05) is 19.7 Å². The van der Waals surface area contributed by atoms with Crippen LogP contribution in [-0.2, 0) is 4.79 Å². The van der Waals surface area contributed by atoms with Gasteiger partial charge in [-0.2, -0.15) is 0 Å². The van der Waals surface area contributed by atoms with E-state index in [1.807, 2.05) is 0 Å². The molecule has 0 saturated carbocycles. The predicted molar refractivity (Wildman–Crippen MR) is 66.5 cm³/mol. The Bertz CT molecular complexity index is 387. The van der Waals surface area contributed by atoms with E-state index in [0.717, 1.165) is 5.56 Å². The molecule has 2 N–H and O–H groups in total. The Morgan fingerprint density at radius 2 is 1.94 bits per heavy atom. The number of carbonyl (C=O) groups excluding carboxylic acids is 1. The van der Waals surface area contributed by atoms with Crippen LogP contribution in [0.15, 0.2) is 24.3 Å². The van der Waals surface area contributed by atoms with Gasteiger partial charge >= 0.3 is 0 Å². The molecule has 16 heavy (non-hydrogen) atoms. The van der Waals surface area contributed by atoms with Crippen LogP contribution < -0.4 is 10.5 Å². The van der Waals surface area contributed by atoms with E-state index < -0.39 is 0 Å². The number of likely N-dealkylation sites (N-methyl/N-ethyl adjacent to an activating group) is 1. The third-order valence-electron chi connectivity index (χ3n) is 2.00. The van der Waals surface area contributed by atoms with Crippen molar-refractivity contribution in [2.45, 2.75) is 0 Å². The van der Waals surface area contributed by atoms with Gasteiger partial charge < -0.3 is 15.4 Å². The first-order valence-electron chi connectivity index (χ1n) is 4.73. The Labute approximate surface area is 100.0 Å². The van der Waals surface area contributed by atoms with Crippen molar-refractivity contribution in [1.29, 1.82) is 0 Å². The molecule has 0 heterocycles. The number of nitrogens with zero attached hydrogens (tertiary/aromatic N) is 1. The molecule has 0 aliphatic heterocycles. The second kappa shape index (κ2) is 5.46. The molecule has 0 unspecified atom stereocenters. The van der Waals surface area contributed by atoms with Gasteiger partial charge in [-0.1, -0.05) is 12.2 Å². The highest BCUT2D eigenvalue weighted by atomic mass is 32.1. The SMILES string of the molecule is CN(C)C(=O)COc1ccc(C(N)=S)cc1. The topological polar surface area (TPSA) is 55.6 Å². The van der Waals surface area contributed by atoms with Crippen molar-refractivity contribution in [1.82, 2.24) is 4.90 Å². The summed E-state index contributed by atoms with van der Waals surface area (Å²) in [6.45, 7) is 0.0272. The normalized spacial score (nSPS) is 9.62. The van der Waals surface area contributed by atoms with Crippen LogP contribution in [0.3, 0.4) is 0 Å². The number of ether oxygens (including phenoxy) is 1. The van der Waals surface area contributed by atoms with Crippen LogP contribution in [0, 0.1) is 0 Å². The molecule has 0 aliphatic carbocycles. The summed E-state index contributed by atoms with van der Waals surface area (Å²) < 4.78 is 5.29. The van der Waals surface area contributed by atoms with Crippen molar-refractivity contribution in [3.05, 3.63) is 29.8 Å². The summed E-state index contributed by atoms with van der Waals surface area (Å²) in [7, 11) is 3.36. The molecule has 0 atom stereocenters. The van der Waals surface area contributed by atoms with Crippen molar-refractivity contribution in [3.63, 3.8) is 0 Å². The summed E-state index contributed by atoms with van der Waals surface area (Å²) in [6.07, 6.45) is 0. The second-order valence-corrected chi connectivity index (χ2v) is 3.91. The maximum Gasteiger partial charge on any atom is 0.259 e. The van der Waals surface area contributed by atoms with Crippen LogP contribution in [0.5, 0.6) is 5.75 Å². The lowest BCUT2D eigenvalue weighted by Crippen LogP contribution is -2.27. The predicted octanol–water partition coefficient (Wildman–Crippen LogP) is 0.788. The maximum absolute atomic E-state index is 11.3. The number of hydrogen-bond acceptors (Lipinski definition) is 3. The summed E-state index contributed by atoms with van der Waals surface area (Å²) in [5.41, 5.74) is 6.23. The van der Waals surface area contributed by atoms with Gasteiger partial charge in [-0.15, -0.1) is 0 Å². The first kappa shape index (κ1) is 12.4. The Hall–Kier alpha value is -1.62. The standard InChI is InChI=1S/C11H14N2O2S/c1-13(2)10(14)7-15-9-5-3-8(4-6-9)11(12)16/h3-6H,7H2,1-2H3,(H2,12,16). The molecule has 0 spiro atoms. The molecule has 1 rings (SSSR count). The molecule has 0 radical (unpaired) electrons. The van der Waals surface area contributed by atoms with E-state index in [4.69, 9.17) is 22.7 Å². The van der Waals surface area contributed by atoms with Crippen LogP contribution in [-0.4, -0.2) is 36.5 Å². The summed E-state index contributed by atoms with van der Waals surface area (Å²) in [5, 5.41) is 0. The second-order valence-electron chi connectivity index (χ2n) is 3.47. The van der Waals surface area contributed by atoms with Crippen LogP contribution in [0.2, 0.25) is 0 Å². The third kappa shape index (κ3) is 3.51. The van der Waals surface area contributed by atoms with Gasteiger partial charge in [-0.05, 0) is 24.3 Å². The Balaban J connectivity index is 2.56. The van der Waals surface area contributed by atoms with E-state index in [-0.39, 0.29) is 12.5 Å². The number of amides is 1. The van der Waals surface area contributed by atoms with Crippen molar-refractivity contribution >= 4 is 23.1 Å². The lowest BCUT2D eigenvalue weighted by Gasteiger charge is -2.11. The van der Waals surface area contributed by atoms with Gasteiger partial charge in [0.2, 0.25) is 0 Å². The Kier molecular flexibility index (Phi) is 4.25. The number of rotatable bonds is 4. The summed E-state index contributed by atoms with van der Waals surface area (Å²) in [4.78, 5) is 13.1. The zero-order valence-electron chi connectivity index (χ0n) is 9.27. The smallest absolute Gasteiger partial charge is 0.259 e. The van der Waals surface area contributed by atoms with Crippen LogP contribution in [0.25, 0.3) is 0 Å². The van der Waals surface area contributed by atoms with Crippen molar-refractivity contribution in [2.24, 2.45) is 5.73 Å². The molecule has 86 valence electrons. The fourth-order valence-corrected chi connectivity index (χ4v) is 1.13. The first-order valence-corrected chi connectivity index (χ1v) is 5.14. The molecule has 0 bridgehead atoms. The van der Waals surface area contributed by atoms with Gasteiger partial charge in [-0.3, -0.25) is 4.79 Å². The average molecular weight is 238 g/mol. The molecule has 1 amide bonds. The highest BCUT2D eigenvalue weighted by molar-refractivity contribution is 7.80. The van der Waals surface area contributed by atoms with Crippen LogP contribution in [0.4, 0.5) is 0 Å². The largest absolute Gasteiger partial charge is 0.484 e. The van der Waals surface area contributed by atoms with Crippen LogP contribution >= 0.6 is 12.2 Å². The van der Waals surface area contributed by atoms with E-state index >= 15 is 0 Å². The lowest BCUT2D eigenvalue weighted by atomic mass is 10.2. The highest BCUT2D eigenvalue weighted by Crippen LogP contribution is 2.12. The van der Waals surface area contributed by atoms with E-state index in [1.165, 1.54) is 4.90 Å². The zero-order valence-corrected chi connectivity index (χ0v) is 10.1. The quantitative estimate of drug-likeness (QED) is 0.788. The third-order valence-corrected chi connectivity index (χ3v) is 2.24. The molecule has 5 heteroatoms. The molecule has 4 nitrogen and oxygen atoms in total. The summed E-state index contributed by atoms with van der Waals surface area (Å²) in [5.74, 6) is 0.536. The molecular weight excluding hydrogens is 224 g/mol. The summed E-state index contributed by atoms with van der Waals surface area (Å²) >= 11 is 4.82. The van der Waals surface area contributed by atoms with Gasteiger partial charge in [0.15, 0.2) is 6.61 Å². The monoisotopic (exact) mass is 238 g/mol. The van der Waals surface area contributed by atoms with Gasteiger partial charge in [-0.25, -0.2) is 0 Å². The fourth-order valence-electron chi connectivity index (χ4n) is 0.990. The Morgan fingerprint density at radius 3 is 2.38 bits per heavy atom. The van der Waals surface area contributed by atoms with Crippen molar-refractivity contribution < 1.29 is 9.53 Å². The summed E-state index contributed by atoms with van der Waals surface area (Å²) in [6, 6.07) is 6.99. The van der Waals surface area contributed by atoms with E-state index in [9.17, 15) is 4.79 Å². The van der Waals surface area contributed by atoms with E-state index in [0.29, 0.717) is 10.7 Å². The minimum Gasteiger partial charge on any atom is -0.484 e. The number of nitrogens with two attached hydrogens (primary N) is 1. The fraction of sp³-hybridized carbons (Fsp3) is 0.273. The minimum atomic E-state index is -0.0848. The molecule has 0 aliphatic rings. The maximum atomic E-state index is 11.3. The van der Waals surface area contributed by atoms with E-state index in [2.05, 4.69) is 0 Å². The highest BCUT2D eigenvalue weighted by Gasteiger charge is 2.04. The van der Waals surface area contributed by atoms with Gasteiger partial charge in [0.25, 0.3) is 5.91 Å². The Morgan fingerprint density at radius 1 is 1.38 bits per heavy atom. The molecule has 0 fully saturated rings. The minimum absolute atomic E-state index is 0.0272. The number of benzene rings is 1. The van der Waals surface area contributed by atoms with Gasteiger partial charge in [0.05, 0.1) is 0 Å². The number of thiocarbonyl (C=S) groups is 1. The molecule has 1 aromatic carbocycles. The van der Waals surface area contributed by atoms with Gasteiger partial charge in [0.1, 0.15) is 10.7 Å². The number of carbonyl (C=O) groups is 1. The molecule has 1 aromatic rings. The molecule has 0 saturated heterocycles. The van der Waals surface area contributed by atoms with Crippen molar-refractivity contribution in [2.75, 3.05) is 20.7 Å². The number of hydrogen-bond donors (Lipinski definition) is 1. The molecular formula is C11H14N2O2S. The zero-order chi connectivity index (χ0) is 12.1. The first-order chi connectivity index (χ1) is 7.50. The van der Waals surface area contributed by atoms with E-state index in [1.54, 1.807) is 38.4 Å². The average Bonchev–Trinajstić information content (AvgIpc) is 2.26. The van der Waals surface area contributed by atoms with Crippen molar-refractivity contribution in [3.8, 4) is 5.75 Å².